The lowest BCUT2D eigenvalue weighted by atomic mass is 9.98. The predicted octanol–water partition coefficient (Wildman–Crippen LogP) is 1.83. The van der Waals surface area contributed by atoms with Gasteiger partial charge in [-0.1, -0.05) is 6.07 Å². The minimum atomic E-state index is 0.813. The van der Waals surface area contributed by atoms with Gasteiger partial charge in [0.25, 0.3) is 0 Å². The molecule has 0 aromatic carbocycles. The van der Waals surface area contributed by atoms with Crippen LogP contribution in [0.1, 0.15) is 18.5 Å². The van der Waals surface area contributed by atoms with Crippen molar-refractivity contribution in [2.24, 2.45) is 5.92 Å². The second-order valence-corrected chi connectivity index (χ2v) is 4.71. The zero-order valence-electron chi connectivity index (χ0n) is 10.2. The number of nitrogens with one attached hydrogen (secondary N) is 1. The van der Waals surface area contributed by atoms with Crippen LogP contribution in [0, 0.1) is 12.8 Å². The molecule has 1 aliphatic rings. The smallest absolute Gasteiger partial charge is 0.128 e. The SMILES string of the molecule is Cc1cccc(N(C)CC2CCNCC2)n1. The van der Waals surface area contributed by atoms with Crippen LogP contribution in [0.15, 0.2) is 18.2 Å². The number of aryl methyl sites for hydroxylation is 1. The molecule has 0 radical (unpaired) electrons. The van der Waals surface area contributed by atoms with Crippen molar-refractivity contribution in [1.82, 2.24) is 10.3 Å². The fourth-order valence-corrected chi connectivity index (χ4v) is 2.29. The van der Waals surface area contributed by atoms with E-state index >= 15 is 0 Å². The molecule has 88 valence electrons. The van der Waals surface area contributed by atoms with E-state index in [9.17, 15) is 0 Å². The molecule has 0 amide bonds. The molecule has 0 saturated carbocycles. The lowest BCUT2D eigenvalue weighted by molar-refractivity contribution is 0.377. The van der Waals surface area contributed by atoms with Gasteiger partial charge in [0.15, 0.2) is 0 Å². The quantitative estimate of drug-likeness (QED) is 0.840. The van der Waals surface area contributed by atoms with Gasteiger partial charge in [0.1, 0.15) is 5.82 Å². The number of pyridine rings is 1. The standard InChI is InChI=1S/C13H21N3/c1-11-4-3-5-13(15-11)16(2)10-12-6-8-14-9-7-12/h3-5,12,14H,6-10H2,1-2H3. The van der Waals surface area contributed by atoms with Crippen LogP contribution in [0.25, 0.3) is 0 Å². The molecule has 0 aliphatic carbocycles. The Morgan fingerprint density at radius 3 is 2.81 bits per heavy atom. The Morgan fingerprint density at radius 1 is 1.38 bits per heavy atom. The number of nitrogens with zero attached hydrogens (tertiary/aromatic N) is 2. The summed E-state index contributed by atoms with van der Waals surface area (Å²) in [4.78, 5) is 6.83. The van der Waals surface area contributed by atoms with Crippen molar-refractivity contribution in [3.63, 3.8) is 0 Å². The number of aromatic nitrogens is 1. The molecule has 1 saturated heterocycles. The Morgan fingerprint density at radius 2 is 2.12 bits per heavy atom. The molecule has 0 atom stereocenters. The highest BCUT2D eigenvalue weighted by molar-refractivity contribution is 5.38. The Labute approximate surface area is 97.9 Å². The maximum absolute atomic E-state index is 4.55. The van der Waals surface area contributed by atoms with Gasteiger partial charge in [-0.25, -0.2) is 4.98 Å². The summed E-state index contributed by atoms with van der Waals surface area (Å²) < 4.78 is 0. The third-order valence-electron chi connectivity index (χ3n) is 3.26. The molecule has 1 aromatic heterocycles. The second-order valence-electron chi connectivity index (χ2n) is 4.71. The Kier molecular flexibility index (Phi) is 3.78. The fraction of sp³-hybridized carbons (Fsp3) is 0.615. The molecule has 1 aromatic rings. The summed E-state index contributed by atoms with van der Waals surface area (Å²) in [6.07, 6.45) is 2.58. The van der Waals surface area contributed by atoms with Crippen LogP contribution in [-0.4, -0.2) is 31.7 Å². The zero-order valence-corrected chi connectivity index (χ0v) is 10.2. The molecule has 0 spiro atoms. The van der Waals surface area contributed by atoms with Gasteiger partial charge in [-0.2, -0.15) is 0 Å². The van der Waals surface area contributed by atoms with Gasteiger partial charge in [-0.3, -0.25) is 0 Å². The lowest BCUT2D eigenvalue weighted by Gasteiger charge is -2.28. The number of rotatable bonds is 3. The molecular formula is C13H21N3. The molecule has 2 rings (SSSR count). The first-order chi connectivity index (χ1) is 7.75. The maximum Gasteiger partial charge on any atom is 0.128 e. The Hall–Kier alpha value is -1.09. The predicted molar refractivity (Wildman–Crippen MR) is 67.8 cm³/mol. The van der Waals surface area contributed by atoms with Crippen LogP contribution < -0.4 is 10.2 Å². The van der Waals surface area contributed by atoms with Crippen LogP contribution >= 0.6 is 0 Å². The summed E-state index contributed by atoms with van der Waals surface area (Å²) >= 11 is 0. The highest BCUT2D eigenvalue weighted by atomic mass is 15.2. The lowest BCUT2D eigenvalue weighted by Crippen LogP contribution is -2.34. The normalized spacial score (nSPS) is 17.4. The van der Waals surface area contributed by atoms with E-state index < -0.39 is 0 Å². The summed E-state index contributed by atoms with van der Waals surface area (Å²) in [7, 11) is 2.14. The van der Waals surface area contributed by atoms with Crippen molar-refractivity contribution in [3.05, 3.63) is 23.9 Å². The van der Waals surface area contributed by atoms with Crippen molar-refractivity contribution in [3.8, 4) is 0 Å². The average Bonchev–Trinajstić information content (AvgIpc) is 2.30. The van der Waals surface area contributed by atoms with E-state index in [0.717, 1.165) is 24.0 Å². The summed E-state index contributed by atoms with van der Waals surface area (Å²) in [5, 5.41) is 3.40. The summed E-state index contributed by atoms with van der Waals surface area (Å²) in [6.45, 7) is 5.50. The van der Waals surface area contributed by atoms with E-state index in [1.807, 2.05) is 13.0 Å². The van der Waals surface area contributed by atoms with Gasteiger partial charge >= 0.3 is 0 Å². The van der Waals surface area contributed by atoms with Gasteiger partial charge in [0, 0.05) is 19.3 Å². The van der Waals surface area contributed by atoms with Gasteiger partial charge in [-0.05, 0) is 50.9 Å². The van der Waals surface area contributed by atoms with E-state index in [1.54, 1.807) is 0 Å². The highest BCUT2D eigenvalue weighted by Crippen LogP contribution is 2.16. The average molecular weight is 219 g/mol. The van der Waals surface area contributed by atoms with Crippen LogP contribution in [-0.2, 0) is 0 Å². The number of hydrogen-bond donors (Lipinski definition) is 1. The monoisotopic (exact) mass is 219 g/mol. The van der Waals surface area contributed by atoms with Crippen molar-refractivity contribution >= 4 is 5.82 Å². The summed E-state index contributed by atoms with van der Waals surface area (Å²) in [6, 6.07) is 6.21. The second kappa shape index (κ2) is 5.30. The zero-order chi connectivity index (χ0) is 11.4. The van der Waals surface area contributed by atoms with Crippen LogP contribution in [0.2, 0.25) is 0 Å². The van der Waals surface area contributed by atoms with Crippen molar-refractivity contribution in [2.45, 2.75) is 19.8 Å². The van der Waals surface area contributed by atoms with E-state index in [-0.39, 0.29) is 0 Å². The summed E-state index contributed by atoms with van der Waals surface area (Å²) in [5.41, 5.74) is 1.09. The highest BCUT2D eigenvalue weighted by Gasteiger charge is 2.15. The van der Waals surface area contributed by atoms with Crippen LogP contribution in [0.5, 0.6) is 0 Å². The largest absolute Gasteiger partial charge is 0.359 e. The van der Waals surface area contributed by atoms with Crippen LogP contribution in [0.3, 0.4) is 0 Å². The van der Waals surface area contributed by atoms with E-state index in [2.05, 4.69) is 34.4 Å². The van der Waals surface area contributed by atoms with Gasteiger partial charge in [0.2, 0.25) is 0 Å². The Bertz CT molecular complexity index is 332. The first kappa shape index (κ1) is 11.4. The molecule has 1 aliphatic heterocycles. The molecule has 3 nitrogen and oxygen atoms in total. The third kappa shape index (κ3) is 2.95. The first-order valence-electron chi connectivity index (χ1n) is 6.11. The fourth-order valence-electron chi connectivity index (χ4n) is 2.29. The minimum absolute atomic E-state index is 0.813. The van der Waals surface area contributed by atoms with Gasteiger partial charge < -0.3 is 10.2 Å². The number of anilines is 1. The minimum Gasteiger partial charge on any atom is -0.359 e. The molecule has 3 heteroatoms. The van der Waals surface area contributed by atoms with Gasteiger partial charge in [0.05, 0.1) is 0 Å². The number of piperidine rings is 1. The molecule has 0 unspecified atom stereocenters. The third-order valence-corrected chi connectivity index (χ3v) is 3.26. The van der Waals surface area contributed by atoms with Gasteiger partial charge in [-0.15, -0.1) is 0 Å². The molecule has 2 heterocycles. The van der Waals surface area contributed by atoms with Crippen molar-refractivity contribution in [2.75, 3.05) is 31.6 Å². The van der Waals surface area contributed by atoms with E-state index in [1.165, 1.54) is 25.9 Å². The number of hydrogen-bond acceptors (Lipinski definition) is 3. The molecule has 0 bridgehead atoms. The van der Waals surface area contributed by atoms with E-state index in [0.29, 0.717) is 0 Å². The van der Waals surface area contributed by atoms with Crippen molar-refractivity contribution in [1.29, 1.82) is 0 Å². The molecule has 1 fully saturated rings. The van der Waals surface area contributed by atoms with E-state index in [4.69, 9.17) is 0 Å². The topological polar surface area (TPSA) is 28.2 Å². The Balaban J connectivity index is 1.94. The summed E-state index contributed by atoms with van der Waals surface area (Å²) in [5.74, 6) is 1.91. The molecule has 16 heavy (non-hydrogen) atoms. The first-order valence-corrected chi connectivity index (χ1v) is 6.11. The molecule has 1 N–H and O–H groups in total. The maximum atomic E-state index is 4.55. The van der Waals surface area contributed by atoms with Crippen LogP contribution in [0.4, 0.5) is 5.82 Å². The van der Waals surface area contributed by atoms with Crippen molar-refractivity contribution < 1.29 is 0 Å². The molecular weight excluding hydrogens is 198 g/mol.